The molecular formula is C20H31ClN4O3S. The van der Waals surface area contributed by atoms with Crippen molar-refractivity contribution >= 4 is 27.5 Å². The summed E-state index contributed by atoms with van der Waals surface area (Å²) in [5, 5.41) is 3.14. The number of hydrogen-bond acceptors (Lipinski definition) is 5. The van der Waals surface area contributed by atoms with Gasteiger partial charge in [0.15, 0.2) is 0 Å². The summed E-state index contributed by atoms with van der Waals surface area (Å²) in [6, 6.07) is 4.37. The van der Waals surface area contributed by atoms with Gasteiger partial charge in [-0.05, 0) is 50.6 Å². The molecule has 9 heteroatoms. The number of nitrogens with zero attached hydrogens (tertiary/aromatic N) is 3. The predicted octanol–water partition coefficient (Wildman–Crippen LogP) is 1.88. The molecule has 2 aliphatic heterocycles. The number of amides is 1. The Balaban J connectivity index is 1.53. The topological polar surface area (TPSA) is 73.0 Å². The Labute approximate surface area is 179 Å². The Morgan fingerprint density at radius 3 is 2.38 bits per heavy atom. The average molecular weight is 443 g/mol. The number of carbonyl (C=O) groups is 1. The van der Waals surface area contributed by atoms with Crippen LogP contribution in [0.4, 0.5) is 0 Å². The van der Waals surface area contributed by atoms with Gasteiger partial charge in [-0.1, -0.05) is 18.5 Å². The molecule has 29 heavy (non-hydrogen) atoms. The third-order valence-electron chi connectivity index (χ3n) is 5.73. The normalized spacial score (nSPS) is 19.5. The maximum absolute atomic E-state index is 12.7. The first-order chi connectivity index (χ1) is 13.9. The zero-order valence-corrected chi connectivity index (χ0v) is 18.6. The van der Waals surface area contributed by atoms with Crippen molar-refractivity contribution in [1.29, 1.82) is 0 Å². The largest absolute Gasteiger partial charge is 0.352 e. The minimum absolute atomic E-state index is 0.128. The predicted molar refractivity (Wildman–Crippen MR) is 115 cm³/mol. The van der Waals surface area contributed by atoms with Crippen LogP contribution in [0.2, 0.25) is 5.02 Å². The molecule has 0 bridgehead atoms. The molecule has 2 saturated heterocycles. The number of likely N-dealkylation sites (N-methyl/N-ethyl adjacent to an activating group) is 1. The fourth-order valence-electron chi connectivity index (χ4n) is 3.85. The van der Waals surface area contributed by atoms with Gasteiger partial charge in [-0.3, -0.25) is 4.79 Å². The van der Waals surface area contributed by atoms with Gasteiger partial charge in [-0.2, -0.15) is 4.31 Å². The highest BCUT2D eigenvalue weighted by molar-refractivity contribution is 7.89. The van der Waals surface area contributed by atoms with E-state index >= 15 is 0 Å². The average Bonchev–Trinajstić information content (AvgIpc) is 3.27. The maximum atomic E-state index is 12.7. The zero-order valence-electron chi connectivity index (χ0n) is 17.1. The number of rotatable bonds is 8. The third kappa shape index (κ3) is 5.70. The molecule has 0 radical (unpaired) electrons. The standard InChI is InChI=1S/C20H31ClN4O3S/c1-2-23-12-14-24(15-13-23)9-5-8-22-20(26)18-16-17(6-7-19(18)21)29(27,28)25-10-3-4-11-25/h6-7,16H,2-5,8-15H2,1H3,(H,22,26). The van der Waals surface area contributed by atoms with Crippen molar-refractivity contribution in [2.45, 2.75) is 31.1 Å². The van der Waals surface area contributed by atoms with Crippen LogP contribution < -0.4 is 5.32 Å². The fourth-order valence-corrected chi connectivity index (χ4v) is 5.59. The highest BCUT2D eigenvalue weighted by Gasteiger charge is 2.28. The van der Waals surface area contributed by atoms with Gasteiger partial charge >= 0.3 is 0 Å². The second kappa shape index (κ2) is 10.2. The van der Waals surface area contributed by atoms with Crippen molar-refractivity contribution in [3.63, 3.8) is 0 Å². The Morgan fingerprint density at radius 2 is 1.72 bits per heavy atom. The minimum atomic E-state index is -3.57. The van der Waals surface area contributed by atoms with Crippen LogP contribution in [-0.2, 0) is 10.0 Å². The number of halogens is 1. The summed E-state index contributed by atoms with van der Waals surface area (Å²) in [6.07, 6.45) is 2.59. The second-order valence-electron chi connectivity index (χ2n) is 7.64. The summed E-state index contributed by atoms with van der Waals surface area (Å²) >= 11 is 6.18. The lowest BCUT2D eigenvalue weighted by Crippen LogP contribution is -2.46. The van der Waals surface area contributed by atoms with Gasteiger partial charge in [0.05, 0.1) is 15.5 Å². The van der Waals surface area contributed by atoms with Crippen LogP contribution in [0.5, 0.6) is 0 Å². The first kappa shape index (κ1) is 22.5. The molecule has 2 heterocycles. The number of benzene rings is 1. The highest BCUT2D eigenvalue weighted by atomic mass is 35.5. The number of piperazine rings is 1. The van der Waals surface area contributed by atoms with Gasteiger partial charge in [0, 0.05) is 45.8 Å². The van der Waals surface area contributed by atoms with Crippen LogP contribution >= 0.6 is 11.6 Å². The molecule has 1 aromatic carbocycles. The van der Waals surface area contributed by atoms with Crippen molar-refractivity contribution < 1.29 is 13.2 Å². The molecule has 7 nitrogen and oxygen atoms in total. The van der Waals surface area contributed by atoms with Crippen molar-refractivity contribution in [3.8, 4) is 0 Å². The van der Waals surface area contributed by atoms with Crippen LogP contribution in [0.15, 0.2) is 23.1 Å². The van der Waals surface area contributed by atoms with Gasteiger partial charge in [0.2, 0.25) is 10.0 Å². The summed E-state index contributed by atoms with van der Waals surface area (Å²) < 4.78 is 27.0. The molecule has 0 spiro atoms. The molecule has 2 fully saturated rings. The van der Waals surface area contributed by atoms with Crippen LogP contribution in [0.1, 0.15) is 36.5 Å². The second-order valence-corrected chi connectivity index (χ2v) is 9.98. The van der Waals surface area contributed by atoms with Crippen LogP contribution in [0, 0.1) is 0 Å². The number of nitrogens with one attached hydrogen (secondary N) is 1. The maximum Gasteiger partial charge on any atom is 0.252 e. The molecule has 0 unspecified atom stereocenters. The summed E-state index contributed by atoms with van der Waals surface area (Å²) in [4.78, 5) is 17.5. The van der Waals surface area contributed by atoms with Gasteiger partial charge in [0.25, 0.3) is 5.91 Å². The van der Waals surface area contributed by atoms with Gasteiger partial charge < -0.3 is 15.1 Å². The Morgan fingerprint density at radius 1 is 1.07 bits per heavy atom. The minimum Gasteiger partial charge on any atom is -0.352 e. The SMILES string of the molecule is CCN1CCN(CCCNC(=O)c2cc(S(=O)(=O)N3CCCC3)ccc2Cl)CC1. The van der Waals surface area contributed by atoms with E-state index in [0.717, 1.165) is 58.5 Å². The molecule has 1 aromatic rings. The number of carbonyl (C=O) groups excluding carboxylic acids is 1. The smallest absolute Gasteiger partial charge is 0.252 e. The molecule has 0 atom stereocenters. The summed E-state index contributed by atoms with van der Waals surface area (Å²) in [5.74, 6) is -0.329. The molecule has 0 aliphatic carbocycles. The summed E-state index contributed by atoms with van der Waals surface area (Å²) in [5.41, 5.74) is 0.212. The van der Waals surface area contributed by atoms with Gasteiger partial charge in [0.1, 0.15) is 0 Å². The molecule has 1 N–H and O–H groups in total. The Kier molecular flexibility index (Phi) is 7.92. The third-order valence-corrected chi connectivity index (χ3v) is 7.96. The van der Waals surface area contributed by atoms with Crippen molar-refractivity contribution in [1.82, 2.24) is 19.4 Å². The van der Waals surface area contributed by atoms with Crippen LogP contribution in [-0.4, -0.2) is 87.3 Å². The van der Waals surface area contributed by atoms with E-state index < -0.39 is 10.0 Å². The first-order valence-electron chi connectivity index (χ1n) is 10.4. The fraction of sp³-hybridized carbons (Fsp3) is 0.650. The molecular weight excluding hydrogens is 412 g/mol. The van der Waals surface area contributed by atoms with Crippen LogP contribution in [0.3, 0.4) is 0 Å². The molecule has 0 saturated carbocycles. The summed E-state index contributed by atoms with van der Waals surface area (Å²) in [6.45, 7) is 10.1. The van der Waals surface area contributed by atoms with Crippen LogP contribution in [0.25, 0.3) is 0 Å². The lowest BCUT2D eigenvalue weighted by Gasteiger charge is -2.33. The van der Waals surface area contributed by atoms with E-state index in [4.69, 9.17) is 11.6 Å². The number of hydrogen-bond donors (Lipinski definition) is 1. The Hall–Kier alpha value is -1.19. The van der Waals surface area contributed by atoms with Crippen molar-refractivity contribution in [3.05, 3.63) is 28.8 Å². The van der Waals surface area contributed by atoms with E-state index in [9.17, 15) is 13.2 Å². The van der Waals surface area contributed by atoms with E-state index in [2.05, 4.69) is 22.0 Å². The molecule has 2 aliphatic rings. The van der Waals surface area contributed by atoms with Crippen molar-refractivity contribution in [2.24, 2.45) is 0 Å². The molecule has 0 aromatic heterocycles. The molecule has 1 amide bonds. The molecule has 3 rings (SSSR count). The van der Waals surface area contributed by atoms with Crippen molar-refractivity contribution in [2.75, 3.05) is 58.9 Å². The van der Waals surface area contributed by atoms with Gasteiger partial charge in [-0.15, -0.1) is 0 Å². The quantitative estimate of drug-likeness (QED) is 0.622. The monoisotopic (exact) mass is 442 g/mol. The summed E-state index contributed by atoms with van der Waals surface area (Å²) in [7, 11) is -3.57. The van der Waals surface area contributed by atoms with E-state index in [1.807, 2.05) is 0 Å². The lowest BCUT2D eigenvalue weighted by atomic mass is 10.2. The zero-order chi connectivity index (χ0) is 20.9. The van der Waals surface area contributed by atoms with E-state index in [1.165, 1.54) is 22.5 Å². The van der Waals surface area contributed by atoms with E-state index in [0.29, 0.717) is 19.6 Å². The van der Waals surface area contributed by atoms with E-state index in [1.54, 1.807) is 0 Å². The van der Waals surface area contributed by atoms with Gasteiger partial charge in [-0.25, -0.2) is 8.42 Å². The Bertz CT molecular complexity index is 804. The number of sulfonamides is 1. The lowest BCUT2D eigenvalue weighted by molar-refractivity contribution is 0.0948. The first-order valence-corrected chi connectivity index (χ1v) is 12.3. The van der Waals surface area contributed by atoms with E-state index in [-0.39, 0.29) is 21.4 Å². The highest BCUT2D eigenvalue weighted by Crippen LogP contribution is 2.25. The molecule has 162 valence electrons.